The molecule has 4 nitrogen and oxygen atoms in total. The van der Waals surface area contributed by atoms with Crippen molar-refractivity contribution < 1.29 is 13.2 Å². The van der Waals surface area contributed by atoms with Gasteiger partial charge in [0, 0.05) is 29.3 Å². The maximum Gasteiger partial charge on any atom is 0.261 e. The predicted octanol–water partition coefficient (Wildman–Crippen LogP) is 3.10. The van der Waals surface area contributed by atoms with E-state index in [0.29, 0.717) is 24.2 Å². The number of carbonyl (C=O) groups is 1. The lowest BCUT2D eigenvalue weighted by molar-refractivity contribution is 0.0763. The molecular weight excluding hydrogens is 298 g/mol. The van der Waals surface area contributed by atoms with Gasteiger partial charge in [-0.05, 0) is 44.4 Å². The van der Waals surface area contributed by atoms with Gasteiger partial charge in [0.2, 0.25) is 0 Å². The largest absolute Gasteiger partial charge is 0.339 e. The number of hydrogen-bond donors (Lipinski definition) is 0. The van der Waals surface area contributed by atoms with Crippen LogP contribution in [0.3, 0.4) is 0 Å². The summed E-state index contributed by atoms with van der Waals surface area (Å²) in [6, 6.07) is 3.07. The molecule has 0 unspecified atom stereocenters. The van der Waals surface area contributed by atoms with E-state index in [9.17, 15) is 13.2 Å². The lowest BCUT2D eigenvalue weighted by atomic mass is 10.0. The van der Waals surface area contributed by atoms with Gasteiger partial charge >= 0.3 is 0 Å². The Balaban J connectivity index is 3.35. The van der Waals surface area contributed by atoms with E-state index in [1.165, 1.54) is 6.07 Å². The van der Waals surface area contributed by atoms with Gasteiger partial charge in [0.05, 0.1) is 4.90 Å². The van der Waals surface area contributed by atoms with Crippen LogP contribution in [0.2, 0.25) is 0 Å². The molecule has 0 aliphatic carbocycles. The monoisotopic (exact) mass is 317 g/mol. The molecule has 0 saturated heterocycles. The van der Waals surface area contributed by atoms with Crippen LogP contribution in [0.25, 0.3) is 0 Å². The summed E-state index contributed by atoms with van der Waals surface area (Å²) < 4.78 is 23.1. The van der Waals surface area contributed by atoms with Crippen molar-refractivity contribution in [3.8, 4) is 0 Å². The molecule has 0 aliphatic rings. The highest BCUT2D eigenvalue weighted by Crippen LogP contribution is 2.24. The maximum absolute atomic E-state index is 12.5. The standard InChI is InChI=1S/C14H20ClNO3S/c1-5-7-16(6-2)14(17)12-9-13(20(15,18)19)11(4)8-10(12)3/h8-9H,5-7H2,1-4H3. The Labute approximate surface area is 125 Å². The van der Waals surface area contributed by atoms with Gasteiger partial charge in [-0.25, -0.2) is 8.42 Å². The van der Waals surface area contributed by atoms with Crippen molar-refractivity contribution >= 4 is 25.6 Å². The number of amides is 1. The zero-order valence-electron chi connectivity index (χ0n) is 12.2. The van der Waals surface area contributed by atoms with Crippen molar-refractivity contribution in [1.29, 1.82) is 0 Å². The number of carbonyl (C=O) groups excluding carboxylic acids is 1. The summed E-state index contributed by atoms with van der Waals surface area (Å²) in [7, 11) is 1.57. The molecule has 0 fully saturated rings. The summed E-state index contributed by atoms with van der Waals surface area (Å²) in [4.78, 5) is 14.2. The zero-order chi connectivity index (χ0) is 15.5. The Morgan fingerprint density at radius 3 is 2.25 bits per heavy atom. The van der Waals surface area contributed by atoms with Crippen molar-refractivity contribution in [2.24, 2.45) is 0 Å². The third-order valence-corrected chi connectivity index (χ3v) is 4.64. The average Bonchev–Trinajstić information content (AvgIpc) is 2.33. The van der Waals surface area contributed by atoms with E-state index in [1.54, 1.807) is 24.8 Å². The van der Waals surface area contributed by atoms with Gasteiger partial charge in [0.15, 0.2) is 0 Å². The molecule has 1 amide bonds. The minimum atomic E-state index is -3.85. The van der Waals surface area contributed by atoms with E-state index in [1.807, 2.05) is 13.8 Å². The second kappa shape index (κ2) is 6.59. The van der Waals surface area contributed by atoms with Gasteiger partial charge in [-0.15, -0.1) is 0 Å². The van der Waals surface area contributed by atoms with Crippen LogP contribution in [-0.4, -0.2) is 32.3 Å². The Morgan fingerprint density at radius 2 is 1.80 bits per heavy atom. The van der Waals surface area contributed by atoms with Gasteiger partial charge in [-0.2, -0.15) is 0 Å². The van der Waals surface area contributed by atoms with Crippen molar-refractivity contribution in [3.63, 3.8) is 0 Å². The Hall–Kier alpha value is -1.07. The van der Waals surface area contributed by atoms with Crippen LogP contribution in [0.5, 0.6) is 0 Å². The first kappa shape index (κ1) is 17.0. The lowest BCUT2D eigenvalue weighted by Crippen LogP contribution is -2.32. The molecule has 0 radical (unpaired) electrons. The quantitative estimate of drug-likeness (QED) is 0.784. The van der Waals surface area contributed by atoms with Crippen LogP contribution in [0.4, 0.5) is 0 Å². The smallest absolute Gasteiger partial charge is 0.261 e. The summed E-state index contributed by atoms with van der Waals surface area (Å²) in [6.07, 6.45) is 0.852. The highest BCUT2D eigenvalue weighted by atomic mass is 35.7. The average molecular weight is 318 g/mol. The number of hydrogen-bond acceptors (Lipinski definition) is 3. The van der Waals surface area contributed by atoms with E-state index in [-0.39, 0.29) is 10.8 Å². The minimum Gasteiger partial charge on any atom is -0.339 e. The summed E-state index contributed by atoms with van der Waals surface area (Å²) in [5.74, 6) is -0.159. The molecule has 112 valence electrons. The molecule has 6 heteroatoms. The van der Waals surface area contributed by atoms with Crippen LogP contribution in [-0.2, 0) is 9.05 Å². The van der Waals surface area contributed by atoms with Crippen molar-refractivity contribution in [3.05, 3.63) is 28.8 Å². The van der Waals surface area contributed by atoms with E-state index in [2.05, 4.69) is 0 Å². The highest BCUT2D eigenvalue weighted by Gasteiger charge is 2.21. The minimum absolute atomic E-state index is 0.000619. The summed E-state index contributed by atoms with van der Waals surface area (Å²) in [6.45, 7) is 8.59. The molecule has 0 heterocycles. The molecule has 0 spiro atoms. The maximum atomic E-state index is 12.5. The second-order valence-corrected chi connectivity index (χ2v) is 7.29. The van der Waals surface area contributed by atoms with E-state index < -0.39 is 9.05 Å². The van der Waals surface area contributed by atoms with Gasteiger partial charge in [0.1, 0.15) is 0 Å². The van der Waals surface area contributed by atoms with Gasteiger partial charge in [-0.3, -0.25) is 4.79 Å². The SMILES string of the molecule is CCCN(CC)C(=O)c1cc(S(=O)(=O)Cl)c(C)cc1C. The van der Waals surface area contributed by atoms with E-state index in [4.69, 9.17) is 10.7 Å². The Morgan fingerprint density at radius 1 is 1.20 bits per heavy atom. The second-order valence-electron chi connectivity index (χ2n) is 4.76. The number of halogens is 1. The zero-order valence-corrected chi connectivity index (χ0v) is 13.8. The summed E-state index contributed by atoms with van der Waals surface area (Å²) >= 11 is 0. The van der Waals surface area contributed by atoms with Crippen LogP contribution in [0.15, 0.2) is 17.0 Å². The summed E-state index contributed by atoms with van der Waals surface area (Å²) in [5.41, 5.74) is 1.70. The molecule has 20 heavy (non-hydrogen) atoms. The highest BCUT2D eigenvalue weighted by molar-refractivity contribution is 8.13. The molecule has 0 bridgehead atoms. The molecule has 0 aliphatic heterocycles. The van der Waals surface area contributed by atoms with Crippen molar-refractivity contribution in [2.75, 3.05) is 13.1 Å². The van der Waals surface area contributed by atoms with Gasteiger partial charge in [-0.1, -0.05) is 13.0 Å². The number of aryl methyl sites for hydroxylation is 2. The third kappa shape index (κ3) is 3.73. The fourth-order valence-corrected chi connectivity index (χ4v) is 3.37. The molecule has 0 aromatic heterocycles. The molecule has 0 saturated carbocycles. The van der Waals surface area contributed by atoms with Crippen LogP contribution >= 0.6 is 10.7 Å². The first-order chi connectivity index (χ1) is 9.22. The van der Waals surface area contributed by atoms with Crippen LogP contribution in [0.1, 0.15) is 41.8 Å². The molecule has 0 atom stereocenters. The molecule has 1 aromatic carbocycles. The molecule has 1 rings (SSSR count). The molecule has 0 N–H and O–H groups in total. The number of benzene rings is 1. The fraction of sp³-hybridized carbons (Fsp3) is 0.500. The fourth-order valence-electron chi connectivity index (χ4n) is 2.17. The Kier molecular flexibility index (Phi) is 5.59. The number of nitrogens with zero attached hydrogens (tertiary/aromatic N) is 1. The first-order valence-corrected chi connectivity index (χ1v) is 8.88. The normalized spacial score (nSPS) is 11.4. The Bertz CT molecular complexity index is 611. The van der Waals surface area contributed by atoms with Crippen LogP contribution < -0.4 is 0 Å². The predicted molar refractivity (Wildman–Crippen MR) is 80.8 cm³/mol. The van der Waals surface area contributed by atoms with E-state index >= 15 is 0 Å². The third-order valence-electron chi connectivity index (χ3n) is 3.18. The van der Waals surface area contributed by atoms with Crippen molar-refractivity contribution in [2.45, 2.75) is 39.0 Å². The number of rotatable bonds is 5. The van der Waals surface area contributed by atoms with Gasteiger partial charge in [0.25, 0.3) is 15.0 Å². The molecule has 1 aromatic rings. The topological polar surface area (TPSA) is 54.5 Å². The van der Waals surface area contributed by atoms with Gasteiger partial charge < -0.3 is 4.90 Å². The van der Waals surface area contributed by atoms with E-state index in [0.717, 1.165) is 12.0 Å². The van der Waals surface area contributed by atoms with Crippen molar-refractivity contribution in [1.82, 2.24) is 4.90 Å². The first-order valence-electron chi connectivity index (χ1n) is 6.57. The molecular formula is C14H20ClNO3S. The van der Waals surface area contributed by atoms with Crippen LogP contribution in [0, 0.1) is 13.8 Å². The summed E-state index contributed by atoms with van der Waals surface area (Å²) in [5, 5.41) is 0. The lowest BCUT2D eigenvalue weighted by Gasteiger charge is -2.21.